The topological polar surface area (TPSA) is 113 Å². The molecule has 1 fully saturated rings. The van der Waals surface area contributed by atoms with E-state index in [2.05, 4.69) is 5.32 Å². The normalized spacial score (nSPS) is 18.3. The molecule has 0 unspecified atom stereocenters. The predicted molar refractivity (Wildman–Crippen MR) is 108 cm³/mol. The summed E-state index contributed by atoms with van der Waals surface area (Å²) in [5.74, 6) is -0.967. The number of carbonyl (C=O) groups is 3. The molecule has 30 heavy (non-hydrogen) atoms. The van der Waals surface area contributed by atoms with Gasteiger partial charge in [-0.05, 0) is 37.1 Å². The van der Waals surface area contributed by atoms with Crippen LogP contribution in [0.15, 0.2) is 48.5 Å². The van der Waals surface area contributed by atoms with Crippen molar-refractivity contribution in [3.05, 3.63) is 75.3 Å². The van der Waals surface area contributed by atoms with Crippen LogP contribution in [0, 0.1) is 17.0 Å². The summed E-state index contributed by atoms with van der Waals surface area (Å²) in [6.45, 7) is 3.44. The highest BCUT2D eigenvalue weighted by Crippen LogP contribution is 2.30. The minimum absolute atomic E-state index is 0.121. The van der Waals surface area contributed by atoms with Gasteiger partial charge in [0.2, 0.25) is 5.91 Å². The highest BCUT2D eigenvalue weighted by molar-refractivity contribution is 6.09. The number of nitrogens with one attached hydrogen (secondary N) is 1. The van der Waals surface area contributed by atoms with Crippen molar-refractivity contribution in [2.24, 2.45) is 0 Å². The Balaban J connectivity index is 1.71. The summed E-state index contributed by atoms with van der Waals surface area (Å²) in [7, 11) is 1.61. The second-order valence-electron chi connectivity index (χ2n) is 7.49. The van der Waals surface area contributed by atoms with E-state index in [1.165, 1.54) is 36.1 Å². The number of nitrogens with zero attached hydrogens (tertiary/aromatic N) is 3. The van der Waals surface area contributed by atoms with Crippen LogP contribution < -0.4 is 5.32 Å². The van der Waals surface area contributed by atoms with Gasteiger partial charge in [0.1, 0.15) is 12.1 Å². The number of imide groups is 1. The molecule has 0 saturated carbocycles. The van der Waals surface area contributed by atoms with Gasteiger partial charge in [0.05, 0.1) is 4.92 Å². The Morgan fingerprint density at radius 3 is 2.30 bits per heavy atom. The van der Waals surface area contributed by atoms with Crippen LogP contribution in [0.5, 0.6) is 0 Å². The van der Waals surface area contributed by atoms with Crippen molar-refractivity contribution in [1.29, 1.82) is 0 Å². The molecule has 4 amide bonds. The van der Waals surface area contributed by atoms with Crippen molar-refractivity contribution in [3.8, 4) is 0 Å². The van der Waals surface area contributed by atoms with Crippen LogP contribution in [-0.2, 0) is 21.7 Å². The summed E-state index contributed by atoms with van der Waals surface area (Å²) in [5.41, 5.74) is 0.919. The molecular formula is C21H22N4O5. The quantitative estimate of drug-likeness (QED) is 0.446. The average molecular weight is 410 g/mol. The molecule has 0 spiro atoms. The standard InChI is InChI=1S/C21H22N4O5/c1-14-4-6-15(7-5-14)12-23(3)18(26)13-24-19(27)21(2,22-20(24)28)16-8-10-17(11-9-16)25(29)30/h4-11H,12-13H2,1-3H3,(H,22,28)/t21-/m1/s1. The minimum atomic E-state index is -1.40. The molecule has 1 saturated heterocycles. The van der Waals surface area contributed by atoms with Gasteiger partial charge >= 0.3 is 6.03 Å². The summed E-state index contributed by atoms with van der Waals surface area (Å²) in [6.07, 6.45) is 0. The van der Waals surface area contributed by atoms with E-state index in [4.69, 9.17) is 0 Å². The minimum Gasteiger partial charge on any atom is -0.340 e. The molecule has 1 heterocycles. The molecule has 9 nitrogen and oxygen atoms in total. The van der Waals surface area contributed by atoms with Crippen LogP contribution in [-0.4, -0.2) is 46.2 Å². The van der Waals surface area contributed by atoms with Crippen LogP contribution >= 0.6 is 0 Å². The molecule has 1 N–H and O–H groups in total. The zero-order chi connectivity index (χ0) is 22.1. The van der Waals surface area contributed by atoms with Crippen molar-refractivity contribution >= 4 is 23.5 Å². The molecular weight excluding hydrogens is 388 g/mol. The Labute approximate surface area is 173 Å². The van der Waals surface area contributed by atoms with E-state index in [-0.39, 0.29) is 11.6 Å². The fourth-order valence-electron chi connectivity index (χ4n) is 3.26. The van der Waals surface area contributed by atoms with Gasteiger partial charge in [-0.15, -0.1) is 0 Å². The van der Waals surface area contributed by atoms with Crippen molar-refractivity contribution < 1.29 is 19.3 Å². The fraction of sp³-hybridized carbons (Fsp3) is 0.286. The van der Waals surface area contributed by atoms with E-state index in [9.17, 15) is 24.5 Å². The van der Waals surface area contributed by atoms with Crippen LogP contribution in [0.1, 0.15) is 23.6 Å². The number of likely N-dealkylation sites (N-methyl/N-ethyl adjacent to an activating group) is 1. The van der Waals surface area contributed by atoms with Crippen molar-refractivity contribution in [2.45, 2.75) is 25.9 Å². The summed E-state index contributed by atoms with van der Waals surface area (Å²) < 4.78 is 0. The molecule has 2 aromatic carbocycles. The molecule has 9 heteroatoms. The SMILES string of the molecule is Cc1ccc(CN(C)C(=O)CN2C(=O)N[C@](C)(c3ccc([N+](=O)[O-])cc3)C2=O)cc1. The average Bonchev–Trinajstić information content (AvgIpc) is 2.93. The van der Waals surface area contributed by atoms with Crippen molar-refractivity contribution in [3.63, 3.8) is 0 Å². The predicted octanol–water partition coefficient (Wildman–Crippen LogP) is 2.33. The number of nitro benzene ring substituents is 1. The Kier molecular flexibility index (Phi) is 5.55. The van der Waals surface area contributed by atoms with Crippen LogP contribution in [0.2, 0.25) is 0 Å². The summed E-state index contributed by atoms with van der Waals surface area (Å²) in [4.78, 5) is 50.6. The zero-order valence-electron chi connectivity index (χ0n) is 16.9. The third-order valence-corrected chi connectivity index (χ3v) is 5.19. The number of aryl methyl sites for hydroxylation is 1. The Morgan fingerprint density at radius 1 is 1.13 bits per heavy atom. The summed E-state index contributed by atoms with van der Waals surface area (Å²) >= 11 is 0. The van der Waals surface area contributed by atoms with Crippen molar-refractivity contribution in [2.75, 3.05) is 13.6 Å². The third-order valence-electron chi connectivity index (χ3n) is 5.19. The monoisotopic (exact) mass is 410 g/mol. The first kappa shape index (κ1) is 21.0. The van der Waals surface area contributed by atoms with Gasteiger partial charge in [-0.25, -0.2) is 4.79 Å². The van der Waals surface area contributed by atoms with Gasteiger partial charge in [-0.1, -0.05) is 29.8 Å². The number of hydrogen-bond acceptors (Lipinski definition) is 5. The van der Waals surface area contributed by atoms with E-state index in [0.29, 0.717) is 12.1 Å². The van der Waals surface area contributed by atoms with E-state index in [0.717, 1.165) is 16.0 Å². The summed E-state index contributed by atoms with van der Waals surface area (Å²) in [5, 5.41) is 13.4. The number of nitro groups is 1. The largest absolute Gasteiger partial charge is 0.340 e. The lowest BCUT2D eigenvalue weighted by Crippen LogP contribution is -2.43. The molecule has 0 aromatic heterocycles. The molecule has 0 bridgehead atoms. The first-order valence-corrected chi connectivity index (χ1v) is 9.30. The van der Waals surface area contributed by atoms with Gasteiger partial charge in [0.25, 0.3) is 11.6 Å². The first-order valence-electron chi connectivity index (χ1n) is 9.30. The highest BCUT2D eigenvalue weighted by Gasteiger charge is 2.49. The smallest absolute Gasteiger partial charge is 0.325 e. The number of benzene rings is 2. The lowest BCUT2D eigenvalue weighted by Gasteiger charge is -2.23. The van der Waals surface area contributed by atoms with Gasteiger partial charge in [0.15, 0.2) is 0 Å². The molecule has 1 atom stereocenters. The number of amides is 4. The second kappa shape index (κ2) is 7.94. The molecule has 0 radical (unpaired) electrons. The van der Waals surface area contributed by atoms with E-state index in [1.807, 2.05) is 31.2 Å². The number of non-ortho nitro benzene ring substituents is 1. The maximum absolute atomic E-state index is 12.9. The molecule has 2 aromatic rings. The Morgan fingerprint density at radius 2 is 1.73 bits per heavy atom. The van der Waals surface area contributed by atoms with Crippen LogP contribution in [0.4, 0.5) is 10.5 Å². The van der Waals surface area contributed by atoms with Crippen LogP contribution in [0.25, 0.3) is 0 Å². The van der Waals surface area contributed by atoms with Gasteiger partial charge in [-0.3, -0.25) is 24.6 Å². The maximum Gasteiger partial charge on any atom is 0.325 e. The Bertz CT molecular complexity index is 1000. The number of urea groups is 1. The van der Waals surface area contributed by atoms with E-state index >= 15 is 0 Å². The first-order chi connectivity index (χ1) is 14.1. The van der Waals surface area contributed by atoms with E-state index < -0.39 is 28.9 Å². The number of hydrogen-bond donors (Lipinski definition) is 1. The molecule has 1 aliphatic rings. The maximum atomic E-state index is 12.9. The van der Waals surface area contributed by atoms with Crippen molar-refractivity contribution in [1.82, 2.24) is 15.1 Å². The lowest BCUT2D eigenvalue weighted by atomic mass is 9.92. The van der Waals surface area contributed by atoms with Gasteiger partial charge < -0.3 is 10.2 Å². The second-order valence-corrected chi connectivity index (χ2v) is 7.49. The van der Waals surface area contributed by atoms with Gasteiger partial charge in [0, 0.05) is 25.7 Å². The Hall–Kier alpha value is -3.75. The zero-order valence-corrected chi connectivity index (χ0v) is 16.9. The van der Waals surface area contributed by atoms with Gasteiger partial charge in [-0.2, -0.15) is 0 Å². The highest BCUT2D eigenvalue weighted by atomic mass is 16.6. The molecule has 0 aliphatic carbocycles. The van der Waals surface area contributed by atoms with Crippen LogP contribution in [0.3, 0.4) is 0 Å². The lowest BCUT2D eigenvalue weighted by molar-refractivity contribution is -0.384. The molecule has 1 aliphatic heterocycles. The molecule has 156 valence electrons. The fourth-order valence-corrected chi connectivity index (χ4v) is 3.26. The summed E-state index contributed by atoms with van der Waals surface area (Å²) in [6, 6.07) is 12.4. The third kappa shape index (κ3) is 4.00. The molecule has 3 rings (SSSR count). The number of rotatable bonds is 6. The van der Waals surface area contributed by atoms with E-state index in [1.54, 1.807) is 7.05 Å². The number of carbonyl (C=O) groups excluding carboxylic acids is 3.